The molecule has 3 aromatic rings. The highest BCUT2D eigenvalue weighted by molar-refractivity contribution is 7.91. The summed E-state index contributed by atoms with van der Waals surface area (Å²) in [5, 5.41) is 9.09. The number of benzene rings is 1. The lowest BCUT2D eigenvalue weighted by Gasteiger charge is -2.06. The fraction of sp³-hybridized carbons (Fsp3) is 0.350. The van der Waals surface area contributed by atoms with Crippen LogP contribution in [0.3, 0.4) is 0 Å². The number of thiophene rings is 1. The van der Waals surface area contributed by atoms with Crippen molar-refractivity contribution in [3.63, 3.8) is 0 Å². The van der Waals surface area contributed by atoms with Crippen LogP contribution in [-0.4, -0.2) is 41.0 Å². The first kappa shape index (κ1) is 20.5. The molecular formula is C20H22N4O4S2. The smallest absolute Gasteiger partial charge is 0.346 e. The first-order valence-electron chi connectivity index (χ1n) is 9.73. The number of hydrogen-bond donors (Lipinski definition) is 1. The molecule has 0 aliphatic heterocycles. The van der Waals surface area contributed by atoms with Crippen LogP contribution >= 0.6 is 11.3 Å². The molecule has 30 heavy (non-hydrogen) atoms. The van der Waals surface area contributed by atoms with E-state index in [-0.39, 0.29) is 47.8 Å². The van der Waals surface area contributed by atoms with Crippen molar-refractivity contribution < 1.29 is 13.2 Å². The first-order chi connectivity index (χ1) is 14.5. The highest BCUT2D eigenvalue weighted by atomic mass is 32.2. The van der Waals surface area contributed by atoms with Crippen molar-refractivity contribution in [3.8, 4) is 10.7 Å². The summed E-state index contributed by atoms with van der Waals surface area (Å²) in [4.78, 5) is 26.0. The summed E-state index contributed by atoms with van der Waals surface area (Å²) < 4.78 is 27.6. The third-order valence-electron chi connectivity index (χ3n) is 4.87. The van der Waals surface area contributed by atoms with Crippen LogP contribution in [0.15, 0.2) is 57.5 Å². The van der Waals surface area contributed by atoms with Gasteiger partial charge in [-0.1, -0.05) is 24.3 Å². The van der Waals surface area contributed by atoms with E-state index in [1.54, 1.807) is 22.8 Å². The molecule has 1 N–H and O–H groups in total. The molecule has 0 spiro atoms. The van der Waals surface area contributed by atoms with Gasteiger partial charge in [0, 0.05) is 19.0 Å². The molecule has 2 heterocycles. The summed E-state index contributed by atoms with van der Waals surface area (Å²) in [6.45, 7) is 0.434. The number of rotatable bonds is 9. The number of nitrogens with zero attached hydrogens (tertiary/aromatic N) is 3. The normalized spacial score (nSPS) is 14.0. The van der Waals surface area contributed by atoms with Crippen molar-refractivity contribution >= 4 is 27.1 Å². The molecule has 0 atom stereocenters. The Morgan fingerprint density at radius 1 is 1.17 bits per heavy atom. The molecule has 1 amide bonds. The van der Waals surface area contributed by atoms with Crippen LogP contribution in [0.5, 0.6) is 0 Å². The summed E-state index contributed by atoms with van der Waals surface area (Å²) in [7, 11) is -3.50. The average Bonchev–Trinajstić information content (AvgIpc) is 3.31. The lowest BCUT2D eigenvalue weighted by atomic mass is 10.4. The Kier molecular flexibility index (Phi) is 5.87. The molecule has 10 heteroatoms. The van der Waals surface area contributed by atoms with E-state index >= 15 is 0 Å². The maximum Gasteiger partial charge on any atom is 0.346 e. The second-order valence-corrected chi connectivity index (χ2v) is 10.2. The second kappa shape index (κ2) is 8.57. The van der Waals surface area contributed by atoms with E-state index in [0.717, 1.165) is 17.7 Å². The van der Waals surface area contributed by atoms with Crippen molar-refractivity contribution in [3.05, 3.63) is 58.3 Å². The quantitative estimate of drug-likeness (QED) is 0.542. The fourth-order valence-corrected chi connectivity index (χ4v) is 5.13. The molecule has 0 bridgehead atoms. The molecule has 158 valence electrons. The third-order valence-corrected chi connectivity index (χ3v) is 7.47. The minimum absolute atomic E-state index is 0.136. The van der Waals surface area contributed by atoms with E-state index in [9.17, 15) is 18.0 Å². The van der Waals surface area contributed by atoms with Crippen molar-refractivity contribution in [1.82, 2.24) is 19.7 Å². The van der Waals surface area contributed by atoms with E-state index in [1.165, 1.54) is 28.2 Å². The minimum atomic E-state index is -3.50. The second-order valence-electron chi connectivity index (χ2n) is 7.14. The van der Waals surface area contributed by atoms with Crippen molar-refractivity contribution in [2.45, 2.75) is 36.7 Å². The number of carbonyl (C=O) groups excluding carboxylic acids is 1. The van der Waals surface area contributed by atoms with Gasteiger partial charge in [-0.15, -0.1) is 16.4 Å². The lowest BCUT2D eigenvalue weighted by molar-refractivity contribution is -0.120. The predicted octanol–water partition coefficient (Wildman–Crippen LogP) is 2.09. The van der Waals surface area contributed by atoms with Crippen LogP contribution in [0, 0.1) is 0 Å². The van der Waals surface area contributed by atoms with Crippen LogP contribution < -0.4 is 11.0 Å². The maximum absolute atomic E-state index is 12.7. The molecule has 4 rings (SSSR count). The molecule has 0 saturated heterocycles. The summed E-state index contributed by atoms with van der Waals surface area (Å²) in [5.74, 6) is 0.0298. The van der Waals surface area contributed by atoms with Gasteiger partial charge in [0.1, 0.15) is 0 Å². The van der Waals surface area contributed by atoms with E-state index in [1.807, 2.05) is 17.5 Å². The van der Waals surface area contributed by atoms with Crippen LogP contribution in [0.4, 0.5) is 0 Å². The molecule has 1 saturated carbocycles. The monoisotopic (exact) mass is 446 g/mol. The number of aromatic nitrogens is 3. The van der Waals surface area contributed by atoms with Crippen LogP contribution in [-0.2, 0) is 21.2 Å². The largest absolute Gasteiger partial charge is 0.354 e. The Morgan fingerprint density at radius 2 is 1.93 bits per heavy atom. The van der Waals surface area contributed by atoms with Gasteiger partial charge in [-0.25, -0.2) is 17.9 Å². The van der Waals surface area contributed by atoms with E-state index < -0.39 is 9.84 Å². The number of sulfone groups is 1. The van der Waals surface area contributed by atoms with E-state index in [2.05, 4.69) is 10.4 Å². The van der Waals surface area contributed by atoms with Gasteiger partial charge in [0.15, 0.2) is 15.7 Å². The first-order valence-corrected chi connectivity index (χ1v) is 12.3. The van der Waals surface area contributed by atoms with Gasteiger partial charge in [0.25, 0.3) is 0 Å². The summed E-state index contributed by atoms with van der Waals surface area (Å²) in [6.07, 6.45) is 1.80. The Balaban J connectivity index is 1.34. The van der Waals surface area contributed by atoms with Crippen LogP contribution in [0.25, 0.3) is 10.7 Å². The van der Waals surface area contributed by atoms with Crippen molar-refractivity contribution in [2.75, 3.05) is 12.3 Å². The Bertz CT molecular complexity index is 1180. The lowest BCUT2D eigenvalue weighted by Crippen LogP contribution is -2.32. The van der Waals surface area contributed by atoms with Gasteiger partial charge in [0.05, 0.1) is 22.1 Å². The zero-order chi connectivity index (χ0) is 21.1. The molecule has 1 aliphatic rings. The molecule has 8 nitrogen and oxygen atoms in total. The van der Waals surface area contributed by atoms with Gasteiger partial charge < -0.3 is 5.32 Å². The SMILES string of the molecule is O=C(CCS(=O)(=O)c1ccccc1)NCCn1nc(-c2cccs2)n(C2CC2)c1=O. The highest BCUT2D eigenvalue weighted by Gasteiger charge is 2.30. The number of amides is 1. The number of hydrogen-bond acceptors (Lipinski definition) is 6. The molecule has 1 aliphatic carbocycles. The average molecular weight is 447 g/mol. The summed E-state index contributed by atoms with van der Waals surface area (Å²) in [6, 6.07) is 12.1. The zero-order valence-corrected chi connectivity index (χ0v) is 17.9. The van der Waals surface area contributed by atoms with Crippen LogP contribution in [0.1, 0.15) is 25.3 Å². The van der Waals surface area contributed by atoms with Gasteiger partial charge in [-0.2, -0.15) is 0 Å². The summed E-state index contributed by atoms with van der Waals surface area (Å²) in [5.41, 5.74) is -0.179. The van der Waals surface area contributed by atoms with Gasteiger partial charge in [0.2, 0.25) is 5.91 Å². The molecule has 2 aromatic heterocycles. The van der Waals surface area contributed by atoms with Gasteiger partial charge in [-0.05, 0) is 36.4 Å². The van der Waals surface area contributed by atoms with Gasteiger partial charge >= 0.3 is 5.69 Å². The molecule has 0 unspecified atom stereocenters. The zero-order valence-electron chi connectivity index (χ0n) is 16.2. The van der Waals surface area contributed by atoms with E-state index in [0.29, 0.717) is 5.82 Å². The van der Waals surface area contributed by atoms with Crippen molar-refractivity contribution in [2.24, 2.45) is 0 Å². The Hall–Kier alpha value is -2.72. The predicted molar refractivity (Wildman–Crippen MR) is 114 cm³/mol. The highest BCUT2D eigenvalue weighted by Crippen LogP contribution is 2.37. The molecular weight excluding hydrogens is 424 g/mol. The third kappa shape index (κ3) is 4.54. The standard InChI is InChI=1S/C20H22N4O4S2/c25-18(10-14-30(27,28)16-5-2-1-3-6-16)21-11-12-23-20(26)24(15-8-9-15)19(22-23)17-7-4-13-29-17/h1-7,13,15H,8-12,14H2,(H,21,25). The maximum atomic E-state index is 12.7. The number of carbonyl (C=O) groups is 1. The van der Waals surface area contributed by atoms with Crippen molar-refractivity contribution in [1.29, 1.82) is 0 Å². The topological polar surface area (TPSA) is 103 Å². The molecule has 1 aromatic carbocycles. The molecule has 0 radical (unpaired) electrons. The Morgan fingerprint density at radius 3 is 2.60 bits per heavy atom. The molecule has 1 fully saturated rings. The summed E-state index contributed by atoms with van der Waals surface area (Å²) >= 11 is 1.53. The van der Waals surface area contributed by atoms with E-state index in [4.69, 9.17) is 0 Å². The fourth-order valence-electron chi connectivity index (χ4n) is 3.16. The Labute approximate surface area is 178 Å². The minimum Gasteiger partial charge on any atom is -0.354 e. The number of nitrogens with one attached hydrogen (secondary N) is 1. The van der Waals surface area contributed by atoms with Crippen LogP contribution in [0.2, 0.25) is 0 Å². The van der Waals surface area contributed by atoms with Gasteiger partial charge in [-0.3, -0.25) is 9.36 Å².